The van der Waals surface area contributed by atoms with E-state index in [9.17, 15) is 18.0 Å². The summed E-state index contributed by atoms with van der Waals surface area (Å²) in [5, 5.41) is 5.81. The number of rotatable bonds is 6. The average molecular weight is 451 g/mol. The molecule has 0 spiro atoms. The minimum atomic E-state index is -3.78. The Labute approximate surface area is 178 Å². The van der Waals surface area contributed by atoms with Crippen LogP contribution in [0.2, 0.25) is 0 Å². The van der Waals surface area contributed by atoms with Gasteiger partial charge in [-0.1, -0.05) is 18.2 Å². The third kappa shape index (κ3) is 5.36. The fourth-order valence-corrected chi connectivity index (χ4v) is 4.92. The van der Waals surface area contributed by atoms with Crippen LogP contribution in [-0.2, 0) is 14.8 Å². The van der Waals surface area contributed by atoms with Crippen LogP contribution in [-0.4, -0.2) is 50.7 Å². The number of anilines is 1. The molecule has 3 rings (SSSR count). The average Bonchev–Trinajstić information content (AvgIpc) is 3.29. The van der Waals surface area contributed by atoms with Crippen molar-refractivity contribution in [1.29, 1.82) is 0 Å². The first-order chi connectivity index (χ1) is 14.4. The molecule has 11 heteroatoms. The molecular formula is C19H22N4O5S2. The molecule has 0 aliphatic carbocycles. The van der Waals surface area contributed by atoms with Crippen LogP contribution in [0.1, 0.15) is 30.1 Å². The number of nitrogens with one attached hydrogen (secondary N) is 2. The van der Waals surface area contributed by atoms with Crippen LogP contribution in [0.4, 0.5) is 10.5 Å². The summed E-state index contributed by atoms with van der Waals surface area (Å²) >= 11 is 1.09. The molecule has 30 heavy (non-hydrogen) atoms. The third-order valence-electron chi connectivity index (χ3n) is 4.36. The van der Waals surface area contributed by atoms with Crippen molar-refractivity contribution < 1.29 is 22.7 Å². The number of likely N-dealkylation sites (tertiary alicyclic amines) is 1. The summed E-state index contributed by atoms with van der Waals surface area (Å²) < 4.78 is 32.5. The molecule has 1 aliphatic rings. The molecule has 1 aliphatic heterocycles. The van der Waals surface area contributed by atoms with E-state index in [0.29, 0.717) is 32.5 Å². The zero-order chi connectivity index (χ0) is 21.6. The maximum Gasteiger partial charge on any atom is 0.409 e. The largest absolute Gasteiger partial charge is 0.450 e. The van der Waals surface area contributed by atoms with Crippen molar-refractivity contribution >= 4 is 44.8 Å². The minimum absolute atomic E-state index is 0.158. The van der Waals surface area contributed by atoms with Crippen LogP contribution < -0.4 is 10.1 Å². The van der Waals surface area contributed by atoms with Gasteiger partial charge >= 0.3 is 6.09 Å². The van der Waals surface area contributed by atoms with Crippen LogP contribution in [0, 0.1) is 0 Å². The second-order valence-corrected chi connectivity index (χ2v) is 9.25. The van der Waals surface area contributed by atoms with E-state index in [4.69, 9.17) is 4.74 Å². The number of hydrogen-bond acceptors (Lipinski definition) is 7. The maximum atomic E-state index is 12.6. The van der Waals surface area contributed by atoms with Crippen molar-refractivity contribution in [3.63, 3.8) is 0 Å². The molecule has 2 amide bonds. The Morgan fingerprint density at radius 1 is 1.17 bits per heavy atom. The molecule has 2 heterocycles. The fourth-order valence-electron chi connectivity index (χ4n) is 2.85. The van der Waals surface area contributed by atoms with Crippen LogP contribution in [0.3, 0.4) is 0 Å². The van der Waals surface area contributed by atoms with Gasteiger partial charge in [0.2, 0.25) is 0 Å². The smallest absolute Gasteiger partial charge is 0.409 e. The number of thiophene rings is 1. The third-order valence-corrected chi connectivity index (χ3v) is 7.12. The van der Waals surface area contributed by atoms with Crippen molar-refractivity contribution in [2.24, 2.45) is 5.10 Å². The Balaban J connectivity index is 1.64. The van der Waals surface area contributed by atoms with Crippen LogP contribution in [0.15, 0.2) is 51.1 Å². The van der Waals surface area contributed by atoms with Gasteiger partial charge in [0.05, 0.1) is 17.9 Å². The van der Waals surface area contributed by atoms with Crippen LogP contribution >= 0.6 is 11.3 Å². The Kier molecular flexibility index (Phi) is 7.06. The van der Waals surface area contributed by atoms with E-state index in [1.54, 1.807) is 35.4 Å². The number of amides is 2. The maximum absolute atomic E-state index is 12.6. The quantitative estimate of drug-likeness (QED) is 0.656. The van der Waals surface area contributed by atoms with E-state index in [1.807, 2.05) is 0 Å². The van der Waals surface area contributed by atoms with E-state index in [0.717, 1.165) is 17.0 Å². The van der Waals surface area contributed by atoms with Crippen molar-refractivity contribution in [3.05, 3.63) is 47.3 Å². The topological polar surface area (TPSA) is 117 Å². The van der Waals surface area contributed by atoms with Gasteiger partial charge in [-0.05, 0) is 30.5 Å². The van der Waals surface area contributed by atoms with E-state index in [2.05, 4.69) is 15.2 Å². The molecule has 0 bridgehead atoms. The lowest BCUT2D eigenvalue weighted by Crippen LogP contribution is -2.39. The molecule has 0 saturated carbocycles. The van der Waals surface area contributed by atoms with Gasteiger partial charge in [-0.2, -0.15) is 5.10 Å². The normalized spacial score (nSPS) is 14.2. The molecule has 160 valence electrons. The summed E-state index contributed by atoms with van der Waals surface area (Å²) in [6.45, 7) is 3.00. The highest BCUT2D eigenvalue weighted by atomic mass is 32.2. The number of para-hydroxylation sites is 1. The SMILES string of the molecule is CCOC(=O)N1CCC(=NNC(=O)c2ccccc2NS(=O)(=O)c2cccs2)CC1. The second-order valence-electron chi connectivity index (χ2n) is 6.39. The standard InChI is InChI=1S/C19H22N4O5S2/c1-2-28-19(25)23-11-9-14(10-12-23)20-21-18(24)15-6-3-4-7-16(15)22-30(26,27)17-8-5-13-29-17/h3-8,13,22H,2,9-12H2,1H3,(H,21,24). The molecule has 2 aromatic rings. The number of ether oxygens (including phenoxy) is 1. The molecule has 1 aromatic carbocycles. The lowest BCUT2D eigenvalue weighted by Gasteiger charge is -2.26. The number of hydrazone groups is 1. The van der Waals surface area contributed by atoms with Gasteiger partial charge in [0.15, 0.2) is 0 Å². The van der Waals surface area contributed by atoms with Gasteiger partial charge in [0.1, 0.15) is 4.21 Å². The summed E-state index contributed by atoms with van der Waals surface area (Å²) in [6, 6.07) is 9.45. The lowest BCUT2D eigenvalue weighted by molar-refractivity contribution is 0.0952. The number of benzene rings is 1. The molecule has 9 nitrogen and oxygen atoms in total. The Hall–Kier alpha value is -2.92. The summed E-state index contributed by atoms with van der Waals surface area (Å²) in [7, 11) is -3.78. The number of sulfonamides is 1. The predicted molar refractivity (Wildman–Crippen MR) is 114 cm³/mol. The van der Waals surface area contributed by atoms with Crippen LogP contribution in [0.25, 0.3) is 0 Å². The van der Waals surface area contributed by atoms with Crippen molar-refractivity contribution in [1.82, 2.24) is 10.3 Å². The molecule has 1 saturated heterocycles. The lowest BCUT2D eigenvalue weighted by atomic mass is 10.1. The number of piperidine rings is 1. The number of hydrogen-bond donors (Lipinski definition) is 2. The van der Waals surface area contributed by atoms with Gasteiger partial charge in [-0.15, -0.1) is 11.3 Å². The highest BCUT2D eigenvalue weighted by molar-refractivity contribution is 7.94. The van der Waals surface area contributed by atoms with Crippen LogP contribution in [0.5, 0.6) is 0 Å². The van der Waals surface area contributed by atoms with Gasteiger partial charge in [0.25, 0.3) is 15.9 Å². The Morgan fingerprint density at radius 3 is 2.57 bits per heavy atom. The van der Waals surface area contributed by atoms with E-state index < -0.39 is 15.9 Å². The summed E-state index contributed by atoms with van der Waals surface area (Å²) in [5.74, 6) is -0.528. The molecule has 1 aromatic heterocycles. The number of carbonyl (C=O) groups is 2. The molecular weight excluding hydrogens is 428 g/mol. The van der Waals surface area contributed by atoms with E-state index >= 15 is 0 Å². The number of nitrogens with zero attached hydrogens (tertiary/aromatic N) is 2. The van der Waals surface area contributed by atoms with E-state index in [-0.39, 0.29) is 21.6 Å². The zero-order valence-electron chi connectivity index (χ0n) is 16.3. The number of carbonyl (C=O) groups excluding carboxylic acids is 2. The van der Waals surface area contributed by atoms with Gasteiger partial charge in [-0.3, -0.25) is 9.52 Å². The first kappa shape index (κ1) is 21.8. The Bertz CT molecular complexity index is 1020. The highest BCUT2D eigenvalue weighted by Gasteiger charge is 2.22. The summed E-state index contributed by atoms with van der Waals surface area (Å²) in [5.41, 5.74) is 3.56. The second kappa shape index (κ2) is 9.72. The van der Waals surface area contributed by atoms with Crippen molar-refractivity contribution in [2.45, 2.75) is 24.0 Å². The zero-order valence-corrected chi connectivity index (χ0v) is 18.0. The molecule has 0 radical (unpaired) electrons. The molecule has 2 N–H and O–H groups in total. The molecule has 0 unspecified atom stereocenters. The summed E-state index contributed by atoms with van der Waals surface area (Å²) in [6.07, 6.45) is 0.685. The summed E-state index contributed by atoms with van der Waals surface area (Å²) in [4.78, 5) is 25.9. The Morgan fingerprint density at radius 2 is 1.90 bits per heavy atom. The predicted octanol–water partition coefficient (Wildman–Crippen LogP) is 2.89. The van der Waals surface area contributed by atoms with Gasteiger partial charge in [0, 0.05) is 31.6 Å². The van der Waals surface area contributed by atoms with Crippen molar-refractivity contribution in [3.8, 4) is 0 Å². The fraction of sp³-hybridized carbons (Fsp3) is 0.316. The van der Waals surface area contributed by atoms with Crippen molar-refractivity contribution in [2.75, 3.05) is 24.4 Å². The highest BCUT2D eigenvalue weighted by Crippen LogP contribution is 2.23. The van der Waals surface area contributed by atoms with Gasteiger partial charge in [-0.25, -0.2) is 18.6 Å². The minimum Gasteiger partial charge on any atom is -0.450 e. The first-order valence-electron chi connectivity index (χ1n) is 9.33. The van der Waals surface area contributed by atoms with Gasteiger partial charge < -0.3 is 9.64 Å². The monoisotopic (exact) mass is 450 g/mol. The molecule has 1 fully saturated rings. The molecule has 0 atom stereocenters. The first-order valence-corrected chi connectivity index (χ1v) is 11.7. The van der Waals surface area contributed by atoms with E-state index in [1.165, 1.54) is 18.2 Å².